The van der Waals surface area contributed by atoms with Gasteiger partial charge in [-0.1, -0.05) is 50.8 Å². The maximum absolute atomic E-state index is 13.2. The second-order valence-electron chi connectivity index (χ2n) is 11.1. The summed E-state index contributed by atoms with van der Waals surface area (Å²) in [5, 5.41) is 18.1. The number of hydrogen-bond donors (Lipinski definition) is 4. The van der Waals surface area contributed by atoms with Crippen LogP contribution in [0.15, 0.2) is 43.5 Å². The Morgan fingerprint density at radius 3 is 2.41 bits per heavy atom. The number of carbonyl (C=O) groups excluding carboxylic acids is 4. The van der Waals surface area contributed by atoms with Crippen LogP contribution in [-0.2, 0) is 19.2 Å². The van der Waals surface area contributed by atoms with E-state index in [9.17, 15) is 19.2 Å². The van der Waals surface area contributed by atoms with E-state index in [2.05, 4.69) is 34.5 Å². The Kier molecular flexibility index (Phi) is 13.2. The Balaban J connectivity index is 1.96. The highest BCUT2D eigenvalue weighted by molar-refractivity contribution is 5.92. The lowest BCUT2D eigenvalue weighted by molar-refractivity contribution is -0.143. The van der Waals surface area contributed by atoms with Crippen molar-refractivity contribution in [2.75, 3.05) is 6.54 Å². The minimum Gasteiger partial charge on any atom is -0.443 e. The van der Waals surface area contributed by atoms with Gasteiger partial charge in [-0.05, 0) is 63.1 Å². The highest BCUT2D eigenvalue weighted by Gasteiger charge is 2.34. The van der Waals surface area contributed by atoms with Crippen molar-refractivity contribution in [1.29, 1.82) is 0 Å². The lowest BCUT2D eigenvalue weighted by Crippen LogP contribution is -2.62. The first kappa shape index (κ1) is 33.7. The topological polar surface area (TPSA) is 143 Å². The van der Waals surface area contributed by atoms with E-state index in [4.69, 9.17) is 5.11 Å². The normalized spacial score (nSPS) is 18.8. The molecule has 41 heavy (non-hydrogen) atoms. The van der Waals surface area contributed by atoms with Crippen molar-refractivity contribution >= 4 is 29.7 Å². The van der Waals surface area contributed by atoms with Crippen LogP contribution < -0.4 is 21.4 Å². The highest BCUT2D eigenvalue weighted by Crippen LogP contribution is 2.17. The van der Waals surface area contributed by atoms with Crippen LogP contribution in [0.5, 0.6) is 0 Å². The van der Waals surface area contributed by atoms with Gasteiger partial charge in [0.15, 0.2) is 6.10 Å². The van der Waals surface area contributed by atoms with Gasteiger partial charge < -0.3 is 21.1 Å². The minimum absolute atomic E-state index is 0.215. The molecule has 1 aromatic rings. The van der Waals surface area contributed by atoms with Crippen LogP contribution in [0, 0.1) is 11.8 Å². The Hall–Kier alpha value is -3.50. The molecule has 0 saturated carbocycles. The molecule has 1 aliphatic heterocycles. The summed E-state index contributed by atoms with van der Waals surface area (Å²) in [5.41, 5.74) is 4.94. The maximum Gasteiger partial charge on any atom is 0.258 e. The lowest BCUT2D eigenvalue weighted by atomic mass is 9.97. The fraction of sp³-hybridized carbons (Fsp3) is 0.548. The molecule has 1 aromatic carbocycles. The minimum atomic E-state index is -0.885. The van der Waals surface area contributed by atoms with E-state index in [1.165, 1.54) is 5.01 Å². The number of rotatable bonds is 14. The Labute approximate surface area is 244 Å². The summed E-state index contributed by atoms with van der Waals surface area (Å²) in [6.45, 7) is 16.6. The van der Waals surface area contributed by atoms with E-state index < -0.39 is 36.1 Å². The summed E-state index contributed by atoms with van der Waals surface area (Å²) in [5.74, 6) is -2.28. The molecule has 2 rings (SSSR count). The van der Waals surface area contributed by atoms with E-state index in [-0.39, 0.29) is 29.7 Å². The fourth-order valence-electron chi connectivity index (χ4n) is 4.64. The van der Waals surface area contributed by atoms with Gasteiger partial charge in [0.1, 0.15) is 24.0 Å². The van der Waals surface area contributed by atoms with Crippen molar-refractivity contribution in [1.82, 2.24) is 26.4 Å². The molecular weight excluding hydrogens is 522 g/mol. The van der Waals surface area contributed by atoms with E-state index in [1.54, 1.807) is 26.0 Å². The molecule has 0 radical (unpaired) electrons. The molecule has 0 bridgehead atoms. The second kappa shape index (κ2) is 16.1. The van der Waals surface area contributed by atoms with Gasteiger partial charge in [-0.25, -0.2) is 5.43 Å². The van der Waals surface area contributed by atoms with Gasteiger partial charge in [-0.3, -0.25) is 24.2 Å². The maximum atomic E-state index is 13.2. The number of hydrazine groups is 1. The van der Waals surface area contributed by atoms with Crippen molar-refractivity contribution in [3.8, 4) is 0 Å². The first-order chi connectivity index (χ1) is 19.4. The number of nitrogens with one attached hydrogen (secondary N) is 4. The van der Waals surface area contributed by atoms with E-state index >= 15 is 0 Å². The third-order valence-electron chi connectivity index (χ3n) is 7.45. The molecule has 1 saturated heterocycles. The Bertz CT molecular complexity index is 1090. The van der Waals surface area contributed by atoms with Crippen LogP contribution in [0.1, 0.15) is 77.5 Å². The summed E-state index contributed by atoms with van der Waals surface area (Å²) >= 11 is 0. The van der Waals surface area contributed by atoms with Crippen LogP contribution in [-0.4, -0.2) is 64.5 Å². The average Bonchev–Trinajstić information content (AvgIpc) is 2.97. The van der Waals surface area contributed by atoms with Gasteiger partial charge in [-0.15, -0.1) is 6.58 Å². The molecule has 10 heteroatoms. The zero-order chi connectivity index (χ0) is 30.7. The summed E-state index contributed by atoms with van der Waals surface area (Å²) in [7, 11) is 0. The zero-order valence-corrected chi connectivity index (χ0v) is 25.0. The standard InChI is InChI=1S/C31H47N5O5/c1-8-10-16-26(37)20(5)28(38)34-27(19(3)4)30(40)33-22(7)31(41)36-17-12-15-25(35-36)29(39)32-21(6)24-14-11-13-23(9-2)18-24/h8-9,11,13-14,18-22,25-27,35,37H,1-2,10,12,15-17H2,3-7H3,(H,32,39)(H,33,40)(H,34,38)/p+1/t20?,21?,22?,25-,26+,27?/m0/s1. The molecular formula is C31H48N5O5+. The van der Waals surface area contributed by atoms with Gasteiger partial charge in [0.2, 0.25) is 17.7 Å². The second-order valence-corrected chi connectivity index (χ2v) is 11.1. The highest BCUT2D eigenvalue weighted by atomic mass is 16.3. The predicted molar refractivity (Wildman–Crippen MR) is 161 cm³/mol. The van der Waals surface area contributed by atoms with E-state index in [1.807, 2.05) is 45.0 Å². The Morgan fingerprint density at radius 1 is 1.07 bits per heavy atom. The van der Waals surface area contributed by atoms with Gasteiger partial charge >= 0.3 is 0 Å². The molecule has 6 N–H and O–H groups in total. The van der Waals surface area contributed by atoms with Crippen LogP contribution in [0.4, 0.5) is 0 Å². The molecule has 4 amide bonds. The van der Waals surface area contributed by atoms with Crippen molar-refractivity contribution in [2.24, 2.45) is 11.8 Å². The zero-order valence-electron chi connectivity index (χ0n) is 25.0. The molecule has 0 spiro atoms. The molecule has 0 aliphatic carbocycles. The quantitative estimate of drug-likeness (QED) is 0.201. The number of nitrogens with zero attached hydrogens (tertiary/aromatic N) is 1. The van der Waals surface area contributed by atoms with E-state index in [0.29, 0.717) is 32.2 Å². The van der Waals surface area contributed by atoms with Crippen molar-refractivity contribution in [3.05, 3.63) is 54.6 Å². The first-order valence-corrected chi connectivity index (χ1v) is 14.4. The predicted octanol–water partition coefficient (Wildman–Crippen LogP) is 2.34. The SMILES string of the molecule is C=CCC[C@@H]([OH2+])C(C)C(=O)NC(C(=O)NC(C)C(=O)N1CCC[C@@H](C(=O)NC(C)c2cccc(C=C)c2)N1)C(C)C. The third kappa shape index (κ3) is 9.82. The number of carbonyl (C=O) groups is 4. The smallest absolute Gasteiger partial charge is 0.258 e. The van der Waals surface area contributed by atoms with Crippen LogP contribution >= 0.6 is 0 Å². The summed E-state index contributed by atoms with van der Waals surface area (Å²) < 4.78 is 0. The molecule has 1 fully saturated rings. The first-order valence-electron chi connectivity index (χ1n) is 14.4. The summed E-state index contributed by atoms with van der Waals surface area (Å²) in [6, 6.07) is 5.19. The van der Waals surface area contributed by atoms with Crippen molar-refractivity contribution in [2.45, 2.75) is 90.6 Å². The van der Waals surface area contributed by atoms with Crippen molar-refractivity contribution in [3.63, 3.8) is 0 Å². The largest absolute Gasteiger partial charge is 0.443 e. The molecule has 4 unspecified atom stereocenters. The fourth-order valence-corrected chi connectivity index (χ4v) is 4.64. The van der Waals surface area contributed by atoms with Gasteiger partial charge in [-0.2, -0.15) is 0 Å². The molecule has 1 heterocycles. The number of hydrogen-bond acceptors (Lipinski definition) is 5. The molecule has 226 valence electrons. The Morgan fingerprint density at radius 2 is 1.78 bits per heavy atom. The van der Waals surface area contributed by atoms with Crippen molar-refractivity contribution < 1.29 is 24.3 Å². The van der Waals surface area contributed by atoms with Gasteiger partial charge in [0.25, 0.3) is 5.91 Å². The number of allylic oxidation sites excluding steroid dienone is 1. The molecule has 1 aliphatic rings. The monoisotopic (exact) mass is 570 g/mol. The van der Waals surface area contributed by atoms with Crippen LogP contribution in [0.2, 0.25) is 0 Å². The lowest BCUT2D eigenvalue weighted by Gasteiger charge is -2.35. The third-order valence-corrected chi connectivity index (χ3v) is 7.45. The van der Waals surface area contributed by atoms with Gasteiger partial charge in [0.05, 0.1) is 6.04 Å². The van der Waals surface area contributed by atoms with E-state index in [0.717, 1.165) is 11.1 Å². The summed E-state index contributed by atoms with van der Waals surface area (Å²) in [4.78, 5) is 52.1. The van der Waals surface area contributed by atoms with Gasteiger partial charge in [0, 0.05) is 13.0 Å². The number of benzene rings is 1. The number of amides is 4. The molecule has 6 atom stereocenters. The average molecular weight is 571 g/mol. The summed E-state index contributed by atoms with van der Waals surface area (Å²) in [6.07, 6.45) is 5.19. The molecule has 0 aromatic heterocycles. The molecule has 10 nitrogen and oxygen atoms in total. The van der Waals surface area contributed by atoms with Crippen LogP contribution in [0.3, 0.4) is 0 Å². The van der Waals surface area contributed by atoms with Crippen LogP contribution in [0.25, 0.3) is 6.08 Å².